The molecule has 1 heterocycles. The maximum absolute atomic E-state index is 11.9. The molecule has 0 radical (unpaired) electrons. The van der Waals surface area contributed by atoms with Crippen LogP contribution in [0.2, 0.25) is 0 Å². The fourth-order valence-electron chi connectivity index (χ4n) is 4.47. The van der Waals surface area contributed by atoms with E-state index in [-0.39, 0.29) is 11.4 Å². The van der Waals surface area contributed by atoms with E-state index in [2.05, 4.69) is 26.8 Å². The Morgan fingerprint density at radius 2 is 2.20 bits per heavy atom. The Morgan fingerprint density at radius 1 is 1.45 bits per heavy atom. The molecule has 20 heavy (non-hydrogen) atoms. The third-order valence-corrected chi connectivity index (χ3v) is 5.31. The summed E-state index contributed by atoms with van der Waals surface area (Å²) >= 11 is 0. The minimum atomic E-state index is -0.815. The van der Waals surface area contributed by atoms with Crippen LogP contribution in [0.3, 0.4) is 0 Å². The summed E-state index contributed by atoms with van der Waals surface area (Å²) in [6.07, 6.45) is 7.17. The predicted octanol–water partition coefficient (Wildman–Crippen LogP) is 3.60. The Kier molecular flexibility index (Phi) is 3.09. The third-order valence-electron chi connectivity index (χ3n) is 5.31. The zero-order chi connectivity index (χ0) is 14.5. The van der Waals surface area contributed by atoms with Gasteiger partial charge in [-0.25, -0.2) is 4.79 Å². The predicted molar refractivity (Wildman–Crippen MR) is 76.9 cm³/mol. The van der Waals surface area contributed by atoms with Crippen molar-refractivity contribution in [1.29, 1.82) is 0 Å². The van der Waals surface area contributed by atoms with Gasteiger partial charge in [-0.1, -0.05) is 25.5 Å². The lowest BCUT2D eigenvalue weighted by molar-refractivity contribution is -0.223. The Hall–Kier alpha value is -1.09. The summed E-state index contributed by atoms with van der Waals surface area (Å²) in [5.74, 6) is -0.0558. The number of rotatable bonds is 2. The summed E-state index contributed by atoms with van der Waals surface area (Å²) in [5.41, 5.74) is 2.44. The summed E-state index contributed by atoms with van der Waals surface area (Å²) in [6.45, 7) is 9.18. The van der Waals surface area contributed by atoms with Gasteiger partial charge in [0.05, 0.1) is 0 Å². The quantitative estimate of drug-likeness (QED) is 0.571. The molecule has 0 N–H and O–H groups in total. The van der Waals surface area contributed by atoms with E-state index in [0.717, 1.165) is 18.4 Å². The molecule has 3 unspecified atom stereocenters. The van der Waals surface area contributed by atoms with E-state index >= 15 is 0 Å². The Labute approximate surface area is 121 Å². The summed E-state index contributed by atoms with van der Waals surface area (Å²) in [7, 11) is 0. The first-order valence-corrected chi connectivity index (χ1v) is 7.66. The van der Waals surface area contributed by atoms with Gasteiger partial charge < -0.3 is 9.47 Å². The smallest absolute Gasteiger partial charge is 0.333 e. The van der Waals surface area contributed by atoms with E-state index in [9.17, 15) is 4.79 Å². The van der Waals surface area contributed by atoms with Crippen molar-refractivity contribution in [2.75, 3.05) is 6.61 Å². The summed E-state index contributed by atoms with van der Waals surface area (Å²) in [5, 5.41) is 0. The number of ether oxygens (including phenoxy) is 2. The number of hydrogen-bond acceptors (Lipinski definition) is 3. The fraction of sp³-hybridized carbons (Fsp3) is 0.706. The molecule has 1 saturated carbocycles. The minimum absolute atomic E-state index is 0.0541. The third kappa shape index (κ3) is 1.86. The van der Waals surface area contributed by atoms with Crippen molar-refractivity contribution < 1.29 is 14.3 Å². The molecule has 0 saturated heterocycles. The molecule has 3 aliphatic rings. The molecule has 3 atom stereocenters. The van der Waals surface area contributed by atoms with Crippen LogP contribution in [0.5, 0.6) is 0 Å². The molecule has 0 amide bonds. The number of carbonyl (C=O) groups excluding carboxylic acids is 1. The normalized spacial score (nSPS) is 38.5. The average molecular weight is 276 g/mol. The Balaban J connectivity index is 2.06. The fourth-order valence-corrected chi connectivity index (χ4v) is 4.47. The lowest BCUT2D eigenvalue weighted by atomic mass is 9.56. The Morgan fingerprint density at radius 3 is 2.90 bits per heavy atom. The maximum atomic E-state index is 11.9. The molecule has 0 aromatic carbocycles. The topological polar surface area (TPSA) is 35.5 Å². The summed E-state index contributed by atoms with van der Waals surface area (Å²) in [6, 6.07) is 0. The van der Waals surface area contributed by atoms with Gasteiger partial charge in [0, 0.05) is 24.7 Å². The van der Waals surface area contributed by atoms with Crippen LogP contribution in [0.15, 0.2) is 23.3 Å². The van der Waals surface area contributed by atoms with E-state index in [0.29, 0.717) is 18.4 Å². The molecular formula is C17H24O3. The molecular weight excluding hydrogens is 252 g/mol. The van der Waals surface area contributed by atoms with E-state index in [1.165, 1.54) is 12.0 Å². The van der Waals surface area contributed by atoms with E-state index < -0.39 is 5.79 Å². The number of hydrogen-bond donors (Lipinski definition) is 0. The van der Waals surface area contributed by atoms with Crippen LogP contribution in [0.25, 0.3) is 0 Å². The average Bonchev–Trinajstić information content (AvgIpc) is 2.66. The molecule has 0 bridgehead atoms. The van der Waals surface area contributed by atoms with Crippen molar-refractivity contribution in [3.8, 4) is 0 Å². The van der Waals surface area contributed by atoms with Crippen molar-refractivity contribution in [2.24, 2.45) is 17.3 Å². The first-order valence-electron chi connectivity index (χ1n) is 7.66. The number of fused-ring (bicyclic) bond motifs is 2. The molecule has 3 heteroatoms. The number of esters is 1. The van der Waals surface area contributed by atoms with E-state index in [4.69, 9.17) is 9.47 Å². The van der Waals surface area contributed by atoms with Gasteiger partial charge in [-0.3, -0.25) is 0 Å². The van der Waals surface area contributed by atoms with E-state index in [1.54, 1.807) is 6.08 Å². The van der Waals surface area contributed by atoms with Crippen LogP contribution in [-0.4, -0.2) is 18.4 Å². The molecule has 3 nitrogen and oxygen atoms in total. The summed E-state index contributed by atoms with van der Waals surface area (Å²) < 4.78 is 11.6. The van der Waals surface area contributed by atoms with E-state index in [1.807, 2.05) is 6.92 Å². The van der Waals surface area contributed by atoms with Gasteiger partial charge in [0.15, 0.2) is 0 Å². The highest BCUT2D eigenvalue weighted by Crippen LogP contribution is 2.58. The van der Waals surface area contributed by atoms with Crippen molar-refractivity contribution >= 4 is 5.97 Å². The zero-order valence-corrected chi connectivity index (χ0v) is 12.9. The van der Waals surface area contributed by atoms with Gasteiger partial charge in [0.1, 0.15) is 0 Å². The van der Waals surface area contributed by atoms with Crippen LogP contribution in [0.4, 0.5) is 0 Å². The SMILES string of the molecule is CCOC12CC3C=C(C)CCC3C(C)(C)C1=CC(=O)O2. The van der Waals surface area contributed by atoms with Crippen molar-refractivity contribution in [3.63, 3.8) is 0 Å². The highest BCUT2D eigenvalue weighted by atomic mass is 16.7. The van der Waals surface area contributed by atoms with Crippen molar-refractivity contribution in [3.05, 3.63) is 23.3 Å². The van der Waals surface area contributed by atoms with Gasteiger partial charge in [0.25, 0.3) is 0 Å². The number of carbonyl (C=O) groups is 1. The molecule has 2 aliphatic carbocycles. The molecule has 0 spiro atoms. The first-order chi connectivity index (χ1) is 9.39. The van der Waals surface area contributed by atoms with Crippen molar-refractivity contribution in [1.82, 2.24) is 0 Å². The molecule has 0 aromatic rings. The van der Waals surface area contributed by atoms with Gasteiger partial charge in [-0.15, -0.1) is 0 Å². The second kappa shape index (κ2) is 4.45. The molecule has 1 aliphatic heterocycles. The van der Waals surface area contributed by atoms with Crippen LogP contribution in [0, 0.1) is 17.3 Å². The molecule has 0 aromatic heterocycles. The number of allylic oxidation sites excluding steroid dienone is 2. The van der Waals surface area contributed by atoms with Gasteiger partial charge in [-0.05, 0) is 43.9 Å². The van der Waals surface area contributed by atoms with Crippen LogP contribution in [0.1, 0.15) is 47.0 Å². The van der Waals surface area contributed by atoms with Crippen LogP contribution >= 0.6 is 0 Å². The second-order valence-corrected chi connectivity index (χ2v) is 6.91. The lowest BCUT2D eigenvalue weighted by Gasteiger charge is -2.52. The van der Waals surface area contributed by atoms with Gasteiger partial charge in [0.2, 0.25) is 5.79 Å². The Bertz CT molecular complexity index is 500. The zero-order valence-electron chi connectivity index (χ0n) is 12.9. The first kappa shape index (κ1) is 13.9. The van der Waals surface area contributed by atoms with Crippen LogP contribution < -0.4 is 0 Å². The summed E-state index contributed by atoms with van der Waals surface area (Å²) in [4.78, 5) is 11.9. The largest absolute Gasteiger partial charge is 0.426 e. The molecule has 110 valence electrons. The molecule has 1 fully saturated rings. The van der Waals surface area contributed by atoms with Crippen LogP contribution in [-0.2, 0) is 14.3 Å². The van der Waals surface area contributed by atoms with Gasteiger partial charge in [-0.2, -0.15) is 0 Å². The highest BCUT2D eigenvalue weighted by molar-refractivity contribution is 5.87. The standard InChI is InChI=1S/C17H24O3/c1-5-19-17-10-12-8-11(2)6-7-13(12)16(3,4)14(17)9-15(18)20-17/h8-9,12-13H,5-7,10H2,1-4H3. The van der Waals surface area contributed by atoms with Gasteiger partial charge >= 0.3 is 5.97 Å². The van der Waals surface area contributed by atoms with Crippen molar-refractivity contribution in [2.45, 2.75) is 52.7 Å². The lowest BCUT2D eigenvalue weighted by Crippen LogP contribution is -2.52. The second-order valence-electron chi connectivity index (χ2n) is 6.91. The minimum Gasteiger partial charge on any atom is -0.426 e. The molecule has 3 rings (SSSR count). The maximum Gasteiger partial charge on any atom is 0.333 e. The highest BCUT2D eigenvalue weighted by Gasteiger charge is 2.59. The monoisotopic (exact) mass is 276 g/mol.